The molecule has 8 rings (SSSR count). The fourth-order valence-electron chi connectivity index (χ4n) is 15.3. The third-order valence-corrected chi connectivity index (χ3v) is 20.2. The smallest absolute Gasteiger partial charge is 0.0599 e. The summed E-state index contributed by atoms with van der Waals surface area (Å²) in [5.74, 6) is 11.2. The van der Waals surface area contributed by atoms with Gasteiger partial charge in [-0.1, -0.05) is 116 Å². The number of rotatable bonds is 4. The molecule has 0 N–H and O–H groups in total. The van der Waals surface area contributed by atoms with Gasteiger partial charge in [0.05, 0.1) is 16.1 Å². The quantitative estimate of drug-likeness (QED) is 0.207. The zero-order valence-corrected chi connectivity index (χ0v) is 37.9. The van der Waals surface area contributed by atoms with Gasteiger partial charge in [0.25, 0.3) is 0 Å². The molecule has 2 aliphatic heterocycles. The topological polar surface area (TPSA) is 6.48 Å². The maximum absolute atomic E-state index is 3.99. The first-order valence-electron chi connectivity index (χ1n) is 22.1. The second-order valence-corrected chi connectivity index (χ2v) is 35.5. The minimum absolute atomic E-state index is 0.501. The van der Waals surface area contributed by atoms with Gasteiger partial charge in [-0.3, -0.25) is 9.80 Å². The minimum Gasteiger partial charge on any atom is -0.299 e. The average molecular weight is 774 g/mol. The predicted octanol–water partition coefficient (Wildman–Crippen LogP) is 12.0. The van der Waals surface area contributed by atoms with Crippen LogP contribution in [0.4, 0.5) is 0 Å². The number of halogens is 1. The number of hydrogen-bond donors (Lipinski definition) is 0. The first-order chi connectivity index (χ1) is 22.9. The summed E-state index contributed by atoms with van der Waals surface area (Å²) >= 11 is 3.99. The standard InChI is InChI=1S/C24H45NSi.C20H36BrNSi/c1-16-18-10-8-9-11-19(18)23-22(16)20-14-17(24(2,3)4)12-13-21(20)25(23)15-26(5,6)7;1-13-15-7-5-6-8-16(15)20-19(13)17-11-14(21)9-10-18(17)22(20)12-23(2,3)4/h16-23H,8-15H2,1-7H3;13-20H,5-12H2,1-4H3. The molecule has 2 saturated heterocycles. The van der Waals surface area contributed by atoms with Crippen LogP contribution in [0.5, 0.6) is 0 Å². The molecule has 8 aliphatic rings. The van der Waals surface area contributed by atoms with E-state index in [0.29, 0.717) is 5.41 Å². The zero-order valence-electron chi connectivity index (χ0n) is 34.3. The van der Waals surface area contributed by atoms with Crippen LogP contribution in [0.15, 0.2) is 0 Å². The summed E-state index contributed by atoms with van der Waals surface area (Å²) in [5.41, 5.74) is 0.501. The molecule has 8 fully saturated rings. The van der Waals surface area contributed by atoms with Gasteiger partial charge in [-0.25, -0.2) is 0 Å². The van der Waals surface area contributed by atoms with Crippen molar-refractivity contribution in [3.8, 4) is 0 Å². The normalized spacial score (nSPS) is 48.5. The first kappa shape index (κ1) is 38.1. The van der Waals surface area contributed by atoms with Gasteiger partial charge in [0.15, 0.2) is 0 Å². The lowest BCUT2D eigenvalue weighted by molar-refractivity contribution is 0.0595. The Balaban J connectivity index is 0.000000155. The van der Waals surface area contributed by atoms with E-state index in [1.807, 2.05) is 0 Å². The Morgan fingerprint density at radius 1 is 0.531 bits per heavy atom. The number of fused-ring (bicyclic) bond motifs is 10. The van der Waals surface area contributed by atoms with Crippen LogP contribution in [0.2, 0.25) is 39.3 Å². The first-order valence-corrected chi connectivity index (χ1v) is 30.4. The van der Waals surface area contributed by atoms with Crippen LogP contribution in [-0.2, 0) is 0 Å². The van der Waals surface area contributed by atoms with E-state index in [4.69, 9.17) is 0 Å². The van der Waals surface area contributed by atoms with Gasteiger partial charge in [0.2, 0.25) is 0 Å². The number of likely N-dealkylation sites (tertiary alicyclic amines) is 2. The molecule has 49 heavy (non-hydrogen) atoms. The molecular weight excluding hydrogens is 693 g/mol. The molecule has 0 spiro atoms. The van der Waals surface area contributed by atoms with Crippen LogP contribution in [0.3, 0.4) is 0 Å². The Bertz CT molecular complexity index is 1140. The molecule has 6 aliphatic carbocycles. The van der Waals surface area contributed by atoms with Gasteiger partial charge in [-0.2, -0.15) is 0 Å². The van der Waals surface area contributed by atoms with Gasteiger partial charge < -0.3 is 0 Å². The maximum Gasteiger partial charge on any atom is 0.0599 e. The van der Waals surface area contributed by atoms with Crippen LogP contribution < -0.4 is 0 Å². The van der Waals surface area contributed by atoms with E-state index in [9.17, 15) is 0 Å². The Kier molecular flexibility index (Phi) is 11.0. The van der Waals surface area contributed by atoms with E-state index < -0.39 is 16.1 Å². The predicted molar refractivity (Wildman–Crippen MR) is 222 cm³/mol. The summed E-state index contributed by atoms with van der Waals surface area (Å²) in [4.78, 5) is 7.07. The van der Waals surface area contributed by atoms with Gasteiger partial charge in [0.1, 0.15) is 0 Å². The molecule has 16 atom stereocenters. The van der Waals surface area contributed by atoms with Crippen LogP contribution >= 0.6 is 15.9 Å². The summed E-state index contributed by atoms with van der Waals surface area (Å²) in [7, 11) is -2.10. The third kappa shape index (κ3) is 7.34. The van der Waals surface area contributed by atoms with Gasteiger partial charge in [-0.15, -0.1) is 0 Å². The maximum atomic E-state index is 3.99. The number of hydrogen-bond acceptors (Lipinski definition) is 2. The molecule has 0 aromatic rings. The van der Waals surface area contributed by atoms with Crippen molar-refractivity contribution >= 4 is 32.1 Å². The molecule has 5 heteroatoms. The molecule has 2 heterocycles. The van der Waals surface area contributed by atoms with E-state index in [1.165, 1.54) is 89.4 Å². The fraction of sp³-hybridized carbons (Fsp3) is 1.00. The van der Waals surface area contributed by atoms with E-state index >= 15 is 0 Å². The number of alkyl halides is 1. The molecule has 0 bridgehead atoms. The lowest BCUT2D eigenvalue weighted by Crippen LogP contribution is -2.51. The average Bonchev–Trinajstić information content (AvgIpc) is 3.69. The third-order valence-electron chi connectivity index (χ3n) is 16.8. The highest BCUT2D eigenvalue weighted by Gasteiger charge is 2.63. The highest BCUT2D eigenvalue weighted by Crippen LogP contribution is 2.63. The summed E-state index contributed by atoms with van der Waals surface area (Å²) in [6.45, 7) is 28.4. The molecule has 282 valence electrons. The lowest BCUT2D eigenvalue weighted by Gasteiger charge is -2.45. The van der Waals surface area contributed by atoms with Crippen molar-refractivity contribution < 1.29 is 0 Å². The molecule has 0 amide bonds. The fourth-order valence-corrected chi connectivity index (χ4v) is 19.0. The van der Waals surface area contributed by atoms with Crippen molar-refractivity contribution in [1.29, 1.82) is 0 Å². The van der Waals surface area contributed by atoms with Crippen molar-refractivity contribution in [2.24, 2.45) is 70.5 Å². The van der Waals surface area contributed by atoms with E-state index in [1.54, 1.807) is 12.8 Å². The Morgan fingerprint density at radius 3 is 1.37 bits per heavy atom. The Labute approximate surface area is 316 Å². The van der Waals surface area contributed by atoms with Crippen LogP contribution in [-0.4, -0.2) is 67.3 Å². The molecule has 2 nitrogen and oxygen atoms in total. The highest BCUT2D eigenvalue weighted by atomic mass is 79.9. The van der Waals surface area contributed by atoms with Crippen molar-refractivity contribution in [3.63, 3.8) is 0 Å². The molecule has 16 unspecified atom stereocenters. The Hall–Kier alpha value is 0.834. The summed E-state index contributed by atoms with van der Waals surface area (Å²) in [5, 5.41) is 0. The Morgan fingerprint density at radius 2 is 0.939 bits per heavy atom. The van der Waals surface area contributed by atoms with E-state index in [2.05, 4.69) is 99.6 Å². The summed E-state index contributed by atoms with van der Waals surface area (Å²) in [6.07, 6.45) is 23.9. The number of nitrogens with zero attached hydrogens (tertiary/aromatic N) is 2. The highest BCUT2D eigenvalue weighted by molar-refractivity contribution is 9.09. The van der Waals surface area contributed by atoms with Crippen molar-refractivity contribution in [2.75, 3.05) is 12.3 Å². The van der Waals surface area contributed by atoms with Crippen LogP contribution in [0, 0.1) is 70.5 Å². The SMILES string of the molecule is CC1C2CCCCC2C2C1C1CC(Br)CCC1N2C[Si](C)(C)C.CC1C2CCCCC2C2C1C1CC(C(C)(C)C)CCC1N2C[Si](C)(C)C. The molecule has 0 radical (unpaired) electrons. The molecule has 6 saturated carbocycles. The van der Waals surface area contributed by atoms with Crippen LogP contribution in [0.25, 0.3) is 0 Å². The van der Waals surface area contributed by atoms with Crippen LogP contribution in [0.1, 0.15) is 125 Å². The minimum atomic E-state index is -1.06. The van der Waals surface area contributed by atoms with Gasteiger partial charge in [0, 0.05) is 29.0 Å². The largest absolute Gasteiger partial charge is 0.299 e. The van der Waals surface area contributed by atoms with Gasteiger partial charge >= 0.3 is 0 Å². The van der Waals surface area contributed by atoms with E-state index in [0.717, 1.165) is 94.1 Å². The molecular formula is C44H81BrN2Si2. The molecule has 0 aromatic heterocycles. The second kappa shape index (κ2) is 14.2. The second-order valence-electron chi connectivity index (χ2n) is 23.3. The summed E-state index contributed by atoms with van der Waals surface area (Å²) < 4.78 is 0. The van der Waals surface area contributed by atoms with Gasteiger partial charge in [-0.05, 0) is 147 Å². The van der Waals surface area contributed by atoms with Crippen molar-refractivity contribution in [3.05, 3.63) is 0 Å². The zero-order chi connectivity index (χ0) is 35.2. The summed E-state index contributed by atoms with van der Waals surface area (Å²) in [6, 6.07) is 3.77. The van der Waals surface area contributed by atoms with Crippen molar-refractivity contribution in [1.82, 2.24) is 9.80 Å². The monoisotopic (exact) mass is 773 g/mol. The van der Waals surface area contributed by atoms with Crippen molar-refractivity contribution in [2.45, 2.75) is 193 Å². The molecule has 0 aromatic carbocycles. The lowest BCUT2D eigenvalue weighted by atomic mass is 9.64. The van der Waals surface area contributed by atoms with E-state index in [-0.39, 0.29) is 0 Å².